The molecule has 0 saturated carbocycles. The summed E-state index contributed by atoms with van der Waals surface area (Å²) in [5, 5.41) is 9.23. The van der Waals surface area contributed by atoms with Crippen molar-refractivity contribution in [1.82, 2.24) is 19.4 Å². The number of aromatic nitrogens is 3. The molecule has 1 saturated heterocycles. The fourth-order valence-corrected chi connectivity index (χ4v) is 3.59. The van der Waals surface area contributed by atoms with Crippen LogP contribution < -0.4 is 11.1 Å². The minimum Gasteiger partial charge on any atom is -0.444 e. The zero-order valence-electron chi connectivity index (χ0n) is 15.8. The third-order valence-corrected chi connectivity index (χ3v) is 5.04. The van der Waals surface area contributed by atoms with E-state index in [0.717, 1.165) is 0 Å². The van der Waals surface area contributed by atoms with Crippen molar-refractivity contribution in [2.75, 3.05) is 13.1 Å². The number of carbonyl (C=O) groups is 1. The molecule has 0 aliphatic carbocycles. The molecule has 0 radical (unpaired) electrons. The molecule has 3 heterocycles. The second-order valence-corrected chi connectivity index (χ2v) is 8.48. The molecule has 1 N–H and O–H groups in total. The van der Waals surface area contributed by atoms with Gasteiger partial charge in [0.15, 0.2) is 11.3 Å². The van der Waals surface area contributed by atoms with Crippen molar-refractivity contribution in [3.05, 3.63) is 36.9 Å². The van der Waals surface area contributed by atoms with Crippen molar-refractivity contribution < 1.29 is 9.53 Å². The number of nitriles is 1. The molecule has 2 aromatic rings. The number of nitrogens with one attached hydrogen (secondary N) is 1. The lowest BCUT2D eigenvalue weighted by Gasteiger charge is -2.34. The van der Waals surface area contributed by atoms with Crippen molar-refractivity contribution in [2.24, 2.45) is 0 Å². The molecule has 28 heavy (non-hydrogen) atoms. The van der Waals surface area contributed by atoms with E-state index < -0.39 is 22.8 Å². The molecular formula is C18H20BrN5O4. The standard InChI is InChI=1S/C18H20BrN5O4/c1-18(2,3)28-17(27)23-6-4-10(5-7-23)24-14-12(22-15(25)16(24)26)8-11(19)13(9-20)21-14/h8,10H,4-7H2,1-3H3,(H,22,25). The zero-order valence-corrected chi connectivity index (χ0v) is 17.4. The van der Waals surface area contributed by atoms with Crippen LogP contribution in [0.15, 0.2) is 20.1 Å². The van der Waals surface area contributed by atoms with Gasteiger partial charge in [0.1, 0.15) is 11.7 Å². The number of likely N-dealkylation sites (tertiary alicyclic amines) is 1. The van der Waals surface area contributed by atoms with Crippen molar-refractivity contribution >= 4 is 33.2 Å². The lowest BCUT2D eigenvalue weighted by atomic mass is 10.0. The molecule has 0 spiro atoms. The lowest BCUT2D eigenvalue weighted by Crippen LogP contribution is -2.45. The highest BCUT2D eigenvalue weighted by atomic mass is 79.9. The fourth-order valence-electron chi connectivity index (χ4n) is 3.19. The first-order valence-corrected chi connectivity index (χ1v) is 9.63. The van der Waals surface area contributed by atoms with Crippen molar-refractivity contribution in [2.45, 2.75) is 45.3 Å². The molecule has 9 nitrogen and oxygen atoms in total. The van der Waals surface area contributed by atoms with Crippen LogP contribution in [0, 0.1) is 11.3 Å². The Morgan fingerprint density at radius 3 is 2.57 bits per heavy atom. The third-order valence-electron chi connectivity index (χ3n) is 4.43. The molecule has 0 atom stereocenters. The molecule has 0 bridgehead atoms. The maximum Gasteiger partial charge on any atom is 0.410 e. The molecule has 3 rings (SSSR count). The van der Waals surface area contributed by atoms with Crippen LogP contribution in [0.5, 0.6) is 0 Å². The van der Waals surface area contributed by atoms with Gasteiger partial charge in [0.2, 0.25) is 0 Å². The molecule has 1 fully saturated rings. The van der Waals surface area contributed by atoms with E-state index in [1.54, 1.807) is 31.7 Å². The summed E-state index contributed by atoms with van der Waals surface area (Å²) >= 11 is 3.24. The summed E-state index contributed by atoms with van der Waals surface area (Å²) in [6.45, 7) is 6.19. The lowest BCUT2D eigenvalue weighted by molar-refractivity contribution is 0.0188. The molecule has 10 heteroatoms. The van der Waals surface area contributed by atoms with Gasteiger partial charge in [-0.15, -0.1) is 0 Å². The van der Waals surface area contributed by atoms with Crippen LogP contribution >= 0.6 is 15.9 Å². The third kappa shape index (κ3) is 3.94. The van der Waals surface area contributed by atoms with E-state index in [2.05, 4.69) is 25.9 Å². The average molecular weight is 450 g/mol. The maximum atomic E-state index is 12.5. The number of ether oxygens (including phenoxy) is 1. The second-order valence-electron chi connectivity index (χ2n) is 7.63. The Hall–Kier alpha value is -2.67. The first-order valence-electron chi connectivity index (χ1n) is 8.84. The van der Waals surface area contributed by atoms with E-state index >= 15 is 0 Å². The summed E-state index contributed by atoms with van der Waals surface area (Å²) in [6, 6.07) is 3.21. The highest BCUT2D eigenvalue weighted by Crippen LogP contribution is 2.26. The minimum atomic E-state index is -0.750. The molecule has 0 unspecified atom stereocenters. The van der Waals surface area contributed by atoms with Gasteiger partial charge in [-0.3, -0.25) is 14.2 Å². The van der Waals surface area contributed by atoms with Crippen LogP contribution in [0.4, 0.5) is 4.79 Å². The predicted octanol–water partition coefficient (Wildman–Crippen LogP) is 2.29. The summed E-state index contributed by atoms with van der Waals surface area (Å²) in [6.07, 6.45) is 0.539. The van der Waals surface area contributed by atoms with E-state index in [-0.39, 0.29) is 17.4 Å². The number of rotatable bonds is 1. The van der Waals surface area contributed by atoms with Crippen molar-refractivity contribution in [3.63, 3.8) is 0 Å². The molecule has 1 amide bonds. The highest BCUT2D eigenvalue weighted by Gasteiger charge is 2.29. The van der Waals surface area contributed by atoms with Crippen molar-refractivity contribution in [3.8, 4) is 6.07 Å². The number of hydrogen-bond donors (Lipinski definition) is 1. The molecule has 1 aliphatic rings. The van der Waals surface area contributed by atoms with Crippen LogP contribution in [-0.2, 0) is 4.74 Å². The van der Waals surface area contributed by atoms with Gasteiger partial charge in [-0.2, -0.15) is 5.26 Å². The van der Waals surface area contributed by atoms with Crippen LogP contribution in [0.3, 0.4) is 0 Å². The number of fused-ring (bicyclic) bond motifs is 1. The smallest absolute Gasteiger partial charge is 0.410 e. The monoisotopic (exact) mass is 449 g/mol. The topological polar surface area (TPSA) is 121 Å². The summed E-state index contributed by atoms with van der Waals surface area (Å²) in [5.74, 6) is 0. The van der Waals surface area contributed by atoms with E-state index in [9.17, 15) is 19.6 Å². The molecule has 148 valence electrons. The average Bonchev–Trinajstić information content (AvgIpc) is 2.61. The van der Waals surface area contributed by atoms with E-state index in [4.69, 9.17) is 4.74 Å². The highest BCUT2D eigenvalue weighted by molar-refractivity contribution is 9.10. The van der Waals surface area contributed by atoms with Gasteiger partial charge in [-0.05, 0) is 55.6 Å². The number of amides is 1. The number of nitrogens with zero attached hydrogens (tertiary/aromatic N) is 4. The number of pyridine rings is 1. The number of halogens is 1. The van der Waals surface area contributed by atoms with Gasteiger partial charge in [0.25, 0.3) is 0 Å². The fraction of sp³-hybridized carbons (Fsp3) is 0.500. The summed E-state index contributed by atoms with van der Waals surface area (Å²) in [4.78, 5) is 45.2. The van der Waals surface area contributed by atoms with E-state index in [1.807, 2.05) is 6.07 Å². The van der Waals surface area contributed by atoms with Crippen LogP contribution in [0.1, 0.15) is 45.3 Å². The van der Waals surface area contributed by atoms with Gasteiger partial charge in [0, 0.05) is 19.1 Å². The van der Waals surface area contributed by atoms with E-state index in [0.29, 0.717) is 35.9 Å². The number of piperidine rings is 1. The minimum absolute atomic E-state index is 0.124. The van der Waals surface area contributed by atoms with Gasteiger partial charge in [-0.1, -0.05) is 0 Å². The summed E-state index contributed by atoms with van der Waals surface area (Å²) in [7, 11) is 0. The van der Waals surface area contributed by atoms with E-state index in [1.165, 1.54) is 4.57 Å². The SMILES string of the molecule is CC(C)(C)OC(=O)N1CCC(n2c(=O)c(=O)[nH]c3cc(Br)c(C#N)nc32)CC1. The Kier molecular flexibility index (Phi) is 5.30. The number of aromatic amines is 1. The zero-order chi connectivity index (χ0) is 20.6. The van der Waals surface area contributed by atoms with Gasteiger partial charge >= 0.3 is 17.2 Å². The Morgan fingerprint density at radius 2 is 2.00 bits per heavy atom. The molecule has 2 aromatic heterocycles. The van der Waals surface area contributed by atoms with Crippen molar-refractivity contribution in [1.29, 1.82) is 5.26 Å². The maximum absolute atomic E-state index is 12.5. The molecule has 0 aromatic carbocycles. The Labute approximate surface area is 169 Å². The Balaban J connectivity index is 1.94. The predicted molar refractivity (Wildman–Crippen MR) is 105 cm³/mol. The number of hydrogen-bond acceptors (Lipinski definition) is 6. The van der Waals surface area contributed by atoms with Crippen LogP contribution in [0.2, 0.25) is 0 Å². The second kappa shape index (κ2) is 7.39. The number of H-pyrrole nitrogens is 1. The molecule has 1 aliphatic heterocycles. The first kappa shape index (κ1) is 20.1. The van der Waals surface area contributed by atoms with Crippen LogP contribution in [-0.4, -0.2) is 44.2 Å². The van der Waals surface area contributed by atoms with Crippen LogP contribution in [0.25, 0.3) is 11.2 Å². The molecular weight excluding hydrogens is 430 g/mol. The first-order chi connectivity index (χ1) is 13.1. The Morgan fingerprint density at radius 1 is 1.36 bits per heavy atom. The quantitative estimate of drug-likeness (QED) is 0.666. The van der Waals surface area contributed by atoms with Gasteiger partial charge in [0.05, 0.1) is 9.99 Å². The van der Waals surface area contributed by atoms with Gasteiger partial charge in [-0.25, -0.2) is 9.78 Å². The normalized spacial score (nSPS) is 15.5. The summed E-state index contributed by atoms with van der Waals surface area (Å²) < 4.78 is 7.16. The largest absolute Gasteiger partial charge is 0.444 e. The van der Waals surface area contributed by atoms with Gasteiger partial charge < -0.3 is 14.6 Å². The number of carbonyl (C=O) groups excluding carboxylic acids is 1. The Bertz CT molecular complexity index is 1080. The summed E-state index contributed by atoms with van der Waals surface area (Å²) in [5.41, 5.74) is -1.31.